The van der Waals surface area contributed by atoms with Crippen molar-refractivity contribution in [1.29, 1.82) is 0 Å². The van der Waals surface area contributed by atoms with Crippen LogP contribution in [-0.2, 0) is 11.3 Å². The highest BCUT2D eigenvalue weighted by Gasteiger charge is 2.41. The molecule has 1 aliphatic carbocycles. The number of carbonyl (C=O) groups is 2. The summed E-state index contributed by atoms with van der Waals surface area (Å²) in [5.41, 5.74) is 8.49. The molecule has 0 unspecified atom stereocenters. The molecule has 6 nitrogen and oxygen atoms in total. The van der Waals surface area contributed by atoms with E-state index in [9.17, 15) is 9.59 Å². The summed E-state index contributed by atoms with van der Waals surface area (Å²) < 4.78 is 5.21. The quantitative estimate of drug-likeness (QED) is 0.728. The molecule has 2 amide bonds. The van der Waals surface area contributed by atoms with E-state index in [0.29, 0.717) is 17.9 Å². The first-order chi connectivity index (χ1) is 12.9. The average Bonchev–Trinajstić information content (AvgIpc) is 3.33. The first-order valence-electron chi connectivity index (χ1n) is 9.38. The number of anilines is 1. The lowest BCUT2D eigenvalue weighted by molar-refractivity contribution is -0.125. The minimum absolute atomic E-state index is 0.0293. The lowest BCUT2D eigenvalue weighted by Gasteiger charge is -2.28. The molecular weight excluding hydrogens is 342 g/mol. The fourth-order valence-corrected chi connectivity index (χ4v) is 3.58. The zero-order valence-electron chi connectivity index (χ0n) is 15.9. The van der Waals surface area contributed by atoms with E-state index < -0.39 is 5.41 Å². The van der Waals surface area contributed by atoms with Crippen LogP contribution >= 0.6 is 0 Å². The number of furan rings is 1. The molecule has 1 aromatic carbocycles. The highest BCUT2D eigenvalue weighted by molar-refractivity contribution is 5.97. The number of nitrogens with two attached hydrogens (primary N) is 1. The number of aryl methyl sites for hydroxylation is 2. The van der Waals surface area contributed by atoms with Crippen LogP contribution in [-0.4, -0.2) is 18.4 Å². The Morgan fingerprint density at radius 3 is 2.52 bits per heavy atom. The normalized spacial score (nSPS) is 15.5. The van der Waals surface area contributed by atoms with Crippen molar-refractivity contribution in [1.82, 2.24) is 5.32 Å². The van der Waals surface area contributed by atoms with Gasteiger partial charge >= 0.3 is 0 Å². The van der Waals surface area contributed by atoms with Crippen LogP contribution in [0.2, 0.25) is 0 Å². The minimum Gasteiger partial charge on any atom is -0.467 e. The van der Waals surface area contributed by atoms with Crippen molar-refractivity contribution in [2.24, 2.45) is 11.1 Å². The number of carbonyl (C=O) groups excluding carboxylic acids is 2. The van der Waals surface area contributed by atoms with Gasteiger partial charge in [-0.2, -0.15) is 0 Å². The van der Waals surface area contributed by atoms with Crippen molar-refractivity contribution < 1.29 is 14.0 Å². The maximum absolute atomic E-state index is 13.0. The Bertz CT molecular complexity index is 835. The third-order valence-corrected chi connectivity index (χ3v) is 5.51. The van der Waals surface area contributed by atoms with Crippen molar-refractivity contribution in [3.63, 3.8) is 0 Å². The second-order valence-corrected chi connectivity index (χ2v) is 7.43. The first kappa shape index (κ1) is 19.2. The predicted molar refractivity (Wildman–Crippen MR) is 104 cm³/mol. The van der Waals surface area contributed by atoms with Crippen LogP contribution in [0.15, 0.2) is 34.9 Å². The Hall–Kier alpha value is -2.60. The highest BCUT2D eigenvalue weighted by atomic mass is 16.3. The van der Waals surface area contributed by atoms with E-state index in [4.69, 9.17) is 10.2 Å². The van der Waals surface area contributed by atoms with Gasteiger partial charge in [-0.05, 0) is 56.0 Å². The molecule has 4 N–H and O–H groups in total. The predicted octanol–water partition coefficient (Wildman–Crippen LogP) is 3.28. The van der Waals surface area contributed by atoms with Gasteiger partial charge in [0.2, 0.25) is 5.91 Å². The van der Waals surface area contributed by atoms with E-state index in [1.807, 2.05) is 32.0 Å². The molecule has 0 spiro atoms. The van der Waals surface area contributed by atoms with Gasteiger partial charge in [-0.25, -0.2) is 0 Å². The van der Waals surface area contributed by atoms with Gasteiger partial charge in [0.05, 0.1) is 17.5 Å². The molecule has 0 bridgehead atoms. The first-order valence-corrected chi connectivity index (χ1v) is 9.38. The average molecular weight is 369 g/mol. The maximum atomic E-state index is 13.0. The number of benzene rings is 1. The van der Waals surface area contributed by atoms with Crippen molar-refractivity contribution in [2.45, 2.75) is 46.1 Å². The molecule has 0 saturated heterocycles. The molecule has 6 heteroatoms. The summed E-state index contributed by atoms with van der Waals surface area (Å²) in [5.74, 6) is 0.283. The molecule has 144 valence electrons. The second-order valence-electron chi connectivity index (χ2n) is 7.43. The molecule has 27 heavy (non-hydrogen) atoms. The van der Waals surface area contributed by atoms with Gasteiger partial charge < -0.3 is 20.8 Å². The number of amides is 2. The van der Waals surface area contributed by atoms with Crippen LogP contribution in [0.25, 0.3) is 0 Å². The molecule has 1 heterocycles. The van der Waals surface area contributed by atoms with Crippen LogP contribution in [0.1, 0.15) is 52.9 Å². The van der Waals surface area contributed by atoms with Crippen molar-refractivity contribution in [3.05, 3.63) is 53.0 Å². The van der Waals surface area contributed by atoms with Gasteiger partial charge in [0, 0.05) is 12.2 Å². The van der Waals surface area contributed by atoms with Crippen molar-refractivity contribution in [2.75, 3.05) is 11.9 Å². The van der Waals surface area contributed by atoms with Crippen LogP contribution in [0.4, 0.5) is 5.69 Å². The maximum Gasteiger partial charge on any atom is 0.254 e. The Kier molecular flexibility index (Phi) is 5.65. The largest absolute Gasteiger partial charge is 0.467 e. The van der Waals surface area contributed by atoms with Crippen LogP contribution in [0.5, 0.6) is 0 Å². The number of hydrogen-bond acceptors (Lipinski definition) is 4. The highest BCUT2D eigenvalue weighted by Crippen LogP contribution is 2.39. The molecule has 2 aromatic rings. The summed E-state index contributed by atoms with van der Waals surface area (Å²) in [6.45, 7) is 4.62. The number of nitrogens with one attached hydrogen (secondary N) is 2. The summed E-state index contributed by atoms with van der Waals surface area (Å²) in [6, 6.07) is 7.53. The third-order valence-electron chi connectivity index (χ3n) is 5.51. The molecule has 0 radical (unpaired) electrons. The van der Waals surface area contributed by atoms with E-state index in [0.717, 1.165) is 36.9 Å². The van der Waals surface area contributed by atoms with Gasteiger partial charge in [0.1, 0.15) is 12.0 Å². The minimum atomic E-state index is -0.575. The number of hydrogen-bond donors (Lipinski definition) is 3. The van der Waals surface area contributed by atoms with E-state index in [1.54, 1.807) is 6.07 Å². The zero-order chi connectivity index (χ0) is 19.4. The summed E-state index contributed by atoms with van der Waals surface area (Å²) in [6.07, 6.45) is 4.90. The van der Waals surface area contributed by atoms with Gasteiger partial charge in [0.15, 0.2) is 0 Å². The summed E-state index contributed by atoms with van der Waals surface area (Å²) in [5, 5.41) is 5.95. The van der Waals surface area contributed by atoms with E-state index >= 15 is 0 Å². The summed E-state index contributed by atoms with van der Waals surface area (Å²) in [4.78, 5) is 25.4. The van der Waals surface area contributed by atoms with Gasteiger partial charge in [-0.1, -0.05) is 18.9 Å². The SMILES string of the molecule is Cc1ccc(NC(=O)C2(CNC(=O)c3coc(CN)c3)CCCC2)cc1C. The zero-order valence-corrected chi connectivity index (χ0v) is 15.9. The summed E-state index contributed by atoms with van der Waals surface area (Å²) in [7, 11) is 0. The molecule has 1 saturated carbocycles. The molecule has 0 aliphatic heterocycles. The molecule has 3 rings (SSSR count). The summed E-state index contributed by atoms with van der Waals surface area (Å²) >= 11 is 0. The Morgan fingerprint density at radius 1 is 1.15 bits per heavy atom. The molecular formula is C21H27N3O3. The fourth-order valence-electron chi connectivity index (χ4n) is 3.58. The lowest BCUT2D eigenvalue weighted by Crippen LogP contribution is -2.44. The molecule has 1 aliphatic rings. The fraction of sp³-hybridized carbons (Fsp3) is 0.429. The Morgan fingerprint density at radius 2 is 1.89 bits per heavy atom. The molecule has 1 aromatic heterocycles. The van der Waals surface area contributed by atoms with Crippen LogP contribution < -0.4 is 16.4 Å². The lowest BCUT2D eigenvalue weighted by atomic mass is 9.84. The topological polar surface area (TPSA) is 97.4 Å². The van der Waals surface area contributed by atoms with Gasteiger partial charge in [-0.15, -0.1) is 0 Å². The van der Waals surface area contributed by atoms with Crippen LogP contribution in [0.3, 0.4) is 0 Å². The van der Waals surface area contributed by atoms with Gasteiger partial charge in [0.25, 0.3) is 5.91 Å². The molecule has 0 atom stereocenters. The third kappa shape index (κ3) is 4.22. The van der Waals surface area contributed by atoms with Crippen molar-refractivity contribution >= 4 is 17.5 Å². The smallest absolute Gasteiger partial charge is 0.254 e. The van der Waals surface area contributed by atoms with Crippen LogP contribution in [0, 0.1) is 19.3 Å². The molecule has 1 fully saturated rings. The van der Waals surface area contributed by atoms with E-state index in [1.165, 1.54) is 11.8 Å². The monoisotopic (exact) mass is 369 g/mol. The standard InChI is InChI=1S/C21H27N3O3/c1-14-5-6-17(9-15(14)2)24-20(26)21(7-3-4-8-21)13-23-19(25)16-10-18(11-22)27-12-16/h5-6,9-10,12H,3-4,7-8,11,13,22H2,1-2H3,(H,23,25)(H,24,26). The Labute approximate surface area is 159 Å². The second kappa shape index (κ2) is 7.96. The Balaban J connectivity index is 1.68. The van der Waals surface area contributed by atoms with E-state index in [-0.39, 0.29) is 18.4 Å². The number of rotatable bonds is 6. The van der Waals surface area contributed by atoms with E-state index in [2.05, 4.69) is 10.6 Å². The van der Waals surface area contributed by atoms with Crippen molar-refractivity contribution in [3.8, 4) is 0 Å². The van der Waals surface area contributed by atoms with Gasteiger partial charge in [-0.3, -0.25) is 9.59 Å².